The van der Waals surface area contributed by atoms with Gasteiger partial charge in [-0.25, -0.2) is 13.2 Å². The van der Waals surface area contributed by atoms with Crippen molar-refractivity contribution in [2.75, 3.05) is 11.8 Å². The number of anilines is 1. The molecule has 0 amide bonds. The van der Waals surface area contributed by atoms with Crippen LogP contribution in [0.4, 0.5) is 5.69 Å². The van der Waals surface area contributed by atoms with Crippen molar-refractivity contribution in [2.45, 2.75) is 11.4 Å². The number of carboxylic acid groups (broad SMARTS) is 1. The Balaban J connectivity index is 2.31. The van der Waals surface area contributed by atoms with Crippen LogP contribution in [0.3, 0.4) is 0 Å². The zero-order chi connectivity index (χ0) is 15.5. The fraction of sp³-hybridized carbons (Fsp3) is 0.154. The van der Waals surface area contributed by atoms with Crippen molar-refractivity contribution < 1.29 is 18.3 Å². The van der Waals surface area contributed by atoms with Crippen molar-refractivity contribution in [3.63, 3.8) is 0 Å². The van der Waals surface area contributed by atoms with Gasteiger partial charge in [-0.1, -0.05) is 12.1 Å². The van der Waals surface area contributed by atoms with Gasteiger partial charge >= 0.3 is 5.97 Å². The van der Waals surface area contributed by atoms with E-state index in [9.17, 15) is 13.2 Å². The molecule has 0 aliphatic carbocycles. The Morgan fingerprint density at radius 1 is 1.33 bits per heavy atom. The highest BCUT2D eigenvalue weighted by atomic mass is 32.2. The Kier molecular flexibility index (Phi) is 4.61. The maximum absolute atomic E-state index is 12.3. The minimum absolute atomic E-state index is 0.200. The molecule has 1 aromatic carbocycles. The normalized spacial score (nSPS) is 11.3. The van der Waals surface area contributed by atoms with E-state index in [0.717, 1.165) is 16.9 Å². The summed E-state index contributed by atoms with van der Waals surface area (Å²) < 4.78 is 26.9. The number of benzene rings is 1. The Bertz CT molecular complexity index is 753. The first-order valence-corrected chi connectivity index (χ1v) is 8.37. The van der Waals surface area contributed by atoms with Crippen LogP contribution in [0.1, 0.15) is 15.2 Å². The van der Waals surface area contributed by atoms with Gasteiger partial charge in [0.05, 0.1) is 0 Å². The van der Waals surface area contributed by atoms with E-state index in [2.05, 4.69) is 10.0 Å². The average molecular weight is 326 g/mol. The lowest BCUT2D eigenvalue weighted by atomic mass is 10.2. The Labute approximate surface area is 126 Å². The third kappa shape index (κ3) is 3.60. The zero-order valence-corrected chi connectivity index (χ0v) is 12.8. The molecule has 0 aliphatic heterocycles. The summed E-state index contributed by atoms with van der Waals surface area (Å²) in [6.45, 7) is 0.606. The molecule has 0 bridgehead atoms. The van der Waals surface area contributed by atoms with E-state index in [0.29, 0.717) is 12.2 Å². The molecule has 0 unspecified atom stereocenters. The van der Waals surface area contributed by atoms with Crippen molar-refractivity contribution in [1.29, 1.82) is 0 Å². The first kappa shape index (κ1) is 15.5. The monoisotopic (exact) mass is 326 g/mol. The number of carbonyl (C=O) groups is 1. The number of hydrogen-bond donors (Lipinski definition) is 3. The molecule has 112 valence electrons. The van der Waals surface area contributed by atoms with E-state index in [1.807, 2.05) is 6.07 Å². The van der Waals surface area contributed by atoms with Gasteiger partial charge in [0, 0.05) is 12.2 Å². The molecular formula is C13H14N2O4S2. The van der Waals surface area contributed by atoms with Gasteiger partial charge in [-0.3, -0.25) is 4.72 Å². The molecule has 0 aliphatic rings. The van der Waals surface area contributed by atoms with Crippen LogP contribution in [-0.2, 0) is 16.6 Å². The molecule has 8 heteroatoms. The summed E-state index contributed by atoms with van der Waals surface area (Å²) in [7, 11) is -2.13. The number of thiophene rings is 1. The fourth-order valence-electron chi connectivity index (χ4n) is 1.82. The Morgan fingerprint density at radius 2 is 2.10 bits per heavy atom. The Morgan fingerprint density at radius 3 is 2.76 bits per heavy atom. The predicted molar refractivity (Wildman–Crippen MR) is 81.3 cm³/mol. The second kappa shape index (κ2) is 6.25. The maximum Gasteiger partial charge on any atom is 0.347 e. The van der Waals surface area contributed by atoms with Crippen LogP contribution in [0.5, 0.6) is 0 Å². The van der Waals surface area contributed by atoms with Crippen molar-refractivity contribution in [3.05, 3.63) is 46.2 Å². The van der Waals surface area contributed by atoms with Crippen LogP contribution in [0.15, 0.2) is 40.6 Å². The van der Waals surface area contributed by atoms with Crippen LogP contribution in [-0.4, -0.2) is 26.5 Å². The van der Waals surface area contributed by atoms with E-state index in [1.54, 1.807) is 25.2 Å². The van der Waals surface area contributed by atoms with E-state index in [4.69, 9.17) is 5.11 Å². The smallest absolute Gasteiger partial charge is 0.347 e. The summed E-state index contributed by atoms with van der Waals surface area (Å²) in [5.41, 5.74) is 1.31. The largest absolute Gasteiger partial charge is 0.477 e. The zero-order valence-electron chi connectivity index (χ0n) is 11.2. The van der Waals surface area contributed by atoms with Gasteiger partial charge in [0.2, 0.25) is 0 Å². The minimum atomic E-state index is -3.92. The molecule has 2 aromatic rings. The summed E-state index contributed by atoms with van der Waals surface area (Å²) in [5, 5.41) is 13.4. The van der Waals surface area contributed by atoms with Gasteiger partial charge in [-0.15, -0.1) is 11.3 Å². The van der Waals surface area contributed by atoms with Crippen LogP contribution < -0.4 is 10.0 Å². The molecule has 6 nitrogen and oxygen atoms in total. The lowest BCUT2D eigenvalue weighted by molar-refractivity contribution is 0.0698. The number of aromatic carboxylic acids is 1. The third-order valence-corrected chi connectivity index (χ3v) is 5.13. The lowest BCUT2D eigenvalue weighted by Crippen LogP contribution is -2.15. The average Bonchev–Trinajstić information content (AvgIpc) is 2.89. The summed E-state index contributed by atoms with van der Waals surface area (Å²) in [4.78, 5) is 10.6. The predicted octanol–water partition coefficient (Wildman–Crippen LogP) is 1.97. The molecule has 0 radical (unpaired) electrons. The highest BCUT2D eigenvalue weighted by molar-refractivity contribution is 7.93. The second-order valence-electron chi connectivity index (χ2n) is 4.26. The highest BCUT2D eigenvalue weighted by Gasteiger charge is 2.23. The van der Waals surface area contributed by atoms with Crippen molar-refractivity contribution in [3.8, 4) is 0 Å². The summed E-state index contributed by atoms with van der Waals surface area (Å²) >= 11 is 0.878. The van der Waals surface area contributed by atoms with Crippen molar-refractivity contribution >= 4 is 33.0 Å². The molecule has 2 rings (SSSR count). The summed E-state index contributed by atoms with van der Waals surface area (Å²) in [5.74, 6) is -1.26. The maximum atomic E-state index is 12.3. The van der Waals surface area contributed by atoms with Crippen LogP contribution >= 0.6 is 11.3 Å². The van der Waals surface area contributed by atoms with Crippen LogP contribution in [0.2, 0.25) is 0 Å². The lowest BCUT2D eigenvalue weighted by Gasteiger charge is -2.09. The molecule has 1 heterocycles. The molecule has 0 atom stereocenters. The van der Waals surface area contributed by atoms with E-state index < -0.39 is 16.0 Å². The number of nitrogens with one attached hydrogen (secondary N) is 2. The molecule has 3 N–H and O–H groups in total. The standard InChI is InChI=1S/C13H14N2O4S2/c1-14-8-9-3-2-4-10(7-9)15-21(18,19)11-5-6-20-12(11)13(16)17/h2-7,14-15H,8H2,1H3,(H,16,17). The Hall–Kier alpha value is -1.90. The molecule has 0 saturated carbocycles. The van der Waals surface area contributed by atoms with E-state index in [1.165, 1.54) is 11.4 Å². The highest BCUT2D eigenvalue weighted by Crippen LogP contribution is 2.24. The number of hydrogen-bond acceptors (Lipinski definition) is 5. The second-order valence-corrected chi connectivity index (χ2v) is 6.82. The van der Waals surface area contributed by atoms with Crippen molar-refractivity contribution in [1.82, 2.24) is 5.32 Å². The SMILES string of the molecule is CNCc1cccc(NS(=O)(=O)c2ccsc2C(=O)O)c1. The molecule has 0 saturated heterocycles. The topological polar surface area (TPSA) is 95.5 Å². The third-order valence-electron chi connectivity index (χ3n) is 2.67. The van der Waals surface area contributed by atoms with Gasteiger partial charge in [0.1, 0.15) is 9.77 Å². The summed E-state index contributed by atoms with van der Waals surface area (Å²) in [6, 6.07) is 8.19. The van der Waals surface area contributed by atoms with E-state index >= 15 is 0 Å². The first-order chi connectivity index (χ1) is 9.94. The number of carboxylic acids is 1. The minimum Gasteiger partial charge on any atom is -0.477 e. The summed E-state index contributed by atoms with van der Waals surface area (Å²) in [6.07, 6.45) is 0. The molecule has 0 spiro atoms. The number of rotatable bonds is 6. The van der Waals surface area contributed by atoms with Gasteiger partial charge in [0.15, 0.2) is 0 Å². The van der Waals surface area contributed by atoms with Gasteiger partial charge in [-0.2, -0.15) is 0 Å². The van der Waals surface area contributed by atoms with Crippen LogP contribution in [0, 0.1) is 0 Å². The van der Waals surface area contributed by atoms with Gasteiger partial charge in [-0.05, 0) is 36.2 Å². The van der Waals surface area contributed by atoms with Gasteiger partial charge < -0.3 is 10.4 Å². The molecule has 1 aromatic heterocycles. The van der Waals surface area contributed by atoms with E-state index in [-0.39, 0.29) is 9.77 Å². The fourth-order valence-corrected chi connectivity index (χ4v) is 4.13. The quantitative estimate of drug-likeness (QED) is 0.754. The molecular weight excluding hydrogens is 312 g/mol. The first-order valence-electron chi connectivity index (χ1n) is 6.01. The van der Waals surface area contributed by atoms with Crippen molar-refractivity contribution in [2.24, 2.45) is 0 Å². The molecule has 21 heavy (non-hydrogen) atoms. The molecule has 0 fully saturated rings. The van der Waals surface area contributed by atoms with Gasteiger partial charge in [0.25, 0.3) is 10.0 Å². The van der Waals surface area contributed by atoms with Crippen LogP contribution in [0.25, 0.3) is 0 Å². The number of sulfonamides is 1.